The van der Waals surface area contributed by atoms with Crippen LogP contribution in [0.1, 0.15) is 33.6 Å². The van der Waals surface area contributed by atoms with Crippen molar-refractivity contribution in [1.29, 1.82) is 5.26 Å². The molecule has 110 valence electrons. The van der Waals surface area contributed by atoms with Crippen molar-refractivity contribution in [3.63, 3.8) is 0 Å². The Morgan fingerprint density at radius 1 is 1.35 bits per heavy atom. The first kappa shape index (κ1) is 16.5. The van der Waals surface area contributed by atoms with Crippen LogP contribution in [0.3, 0.4) is 0 Å². The van der Waals surface area contributed by atoms with Gasteiger partial charge in [0.15, 0.2) is 0 Å². The maximum atomic E-state index is 13.8. The fraction of sp³-hybridized carbons (Fsp3) is 0.562. The van der Waals surface area contributed by atoms with Crippen molar-refractivity contribution in [2.75, 3.05) is 24.5 Å². The number of hydrogen-bond donors (Lipinski definition) is 1. The number of rotatable bonds is 8. The van der Waals surface area contributed by atoms with Gasteiger partial charge in [0.25, 0.3) is 0 Å². The maximum Gasteiger partial charge on any atom is 0.146 e. The van der Waals surface area contributed by atoms with Crippen LogP contribution in [0.5, 0.6) is 0 Å². The standard InChI is InChI=1S/C16H24FN3/c1-4-11-19-16(3,13-18)10-12-20(5-2)15-9-7-6-8-14(15)17/h6-9,19H,4-5,10-12H2,1-3H3. The van der Waals surface area contributed by atoms with Crippen LogP contribution in [0.15, 0.2) is 24.3 Å². The summed E-state index contributed by atoms with van der Waals surface area (Å²) in [7, 11) is 0. The molecule has 0 radical (unpaired) electrons. The molecule has 20 heavy (non-hydrogen) atoms. The number of para-hydroxylation sites is 1. The van der Waals surface area contributed by atoms with Gasteiger partial charge in [0.05, 0.1) is 11.8 Å². The Morgan fingerprint density at radius 3 is 2.60 bits per heavy atom. The smallest absolute Gasteiger partial charge is 0.146 e. The molecule has 1 aromatic carbocycles. The van der Waals surface area contributed by atoms with E-state index in [9.17, 15) is 9.65 Å². The Kier molecular flexibility index (Phi) is 6.47. The van der Waals surface area contributed by atoms with E-state index in [0.717, 1.165) is 19.5 Å². The lowest BCUT2D eigenvalue weighted by Gasteiger charge is -2.29. The minimum atomic E-state index is -0.561. The summed E-state index contributed by atoms with van der Waals surface area (Å²) in [4.78, 5) is 1.97. The molecule has 0 saturated carbocycles. The van der Waals surface area contributed by atoms with Gasteiger partial charge in [0.2, 0.25) is 0 Å². The third-order valence-corrected chi connectivity index (χ3v) is 3.47. The van der Waals surface area contributed by atoms with Crippen molar-refractivity contribution in [1.82, 2.24) is 5.32 Å². The third-order valence-electron chi connectivity index (χ3n) is 3.47. The zero-order chi connectivity index (χ0) is 15.0. The van der Waals surface area contributed by atoms with E-state index in [0.29, 0.717) is 18.7 Å². The lowest BCUT2D eigenvalue weighted by atomic mass is 9.99. The van der Waals surface area contributed by atoms with Crippen molar-refractivity contribution in [3.05, 3.63) is 30.1 Å². The molecule has 4 heteroatoms. The maximum absolute atomic E-state index is 13.8. The van der Waals surface area contributed by atoms with E-state index in [1.165, 1.54) is 6.07 Å². The van der Waals surface area contributed by atoms with Crippen LogP contribution in [-0.2, 0) is 0 Å². The van der Waals surface area contributed by atoms with Crippen LogP contribution in [0, 0.1) is 17.1 Å². The van der Waals surface area contributed by atoms with Crippen molar-refractivity contribution in [3.8, 4) is 6.07 Å². The van der Waals surface area contributed by atoms with Gasteiger partial charge in [0.1, 0.15) is 11.4 Å². The Labute approximate surface area is 121 Å². The van der Waals surface area contributed by atoms with Crippen LogP contribution in [0.25, 0.3) is 0 Å². The van der Waals surface area contributed by atoms with Gasteiger partial charge in [-0.05, 0) is 45.4 Å². The summed E-state index contributed by atoms with van der Waals surface area (Å²) in [5, 5.41) is 12.6. The van der Waals surface area contributed by atoms with E-state index in [2.05, 4.69) is 18.3 Å². The molecule has 0 aliphatic rings. The van der Waals surface area contributed by atoms with Crippen molar-refractivity contribution >= 4 is 5.69 Å². The van der Waals surface area contributed by atoms with Crippen LogP contribution < -0.4 is 10.2 Å². The predicted octanol–water partition coefficient (Wildman–Crippen LogP) is 3.32. The first-order chi connectivity index (χ1) is 9.56. The summed E-state index contributed by atoms with van der Waals surface area (Å²) in [6, 6.07) is 9.10. The zero-order valence-electron chi connectivity index (χ0n) is 12.6. The number of nitrogens with zero attached hydrogens (tertiary/aromatic N) is 2. The largest absolute Gasteiger partial charge is 0.369 e. The first-order valence-corrected chi connectivity index (χ1v) is 7.22. The second-order valence-electron chi connectivity index (χ2n) is 5.15. The summed E-state index contributed by atoms with van der Waals surface area (Å²) in [6.45, 7) is 8.15. The van der Waals surface area contributed by atoms with Crippen LogP contribution in [0.4, 0.5) is 10.1 Å². The molecule has 0 saturated heterocycles. The average molecular weight is 277 g/mol. The van der Waals surface area contributed by atoms with Gasteiger partial charge < -0.3 is 4.90 Å². The molecule has 1 unspecified atom stereocenters. The van der Waals surface area contributed by atoms with E-state index < -0.39 is 5.54 Å². The topological polar surface area (TPSA) is 39.1 Å². The molecule has 1 rings (SSSR count). The molecule has 1 N–H and O–H groups in total. The van der Waals surface area contributed by atoms with E-state index in [1.54, 1.807) is 12.1 Å². The predicted molar refractivity (Wildman–Crippen MR) is 81.2 cm³/mol. The number of anilines is 1. The molecular weight excluding hydrogens is 253 g/mol. The Morgan fingerprint density at radius 2 is 2.05 bits per heavy atom. The molecular formula is C16H24FN3. The fourth-order valence-corrected chi connectivity index (χ4v) is 2.10. The quantitative estimate of drug-likeness (QED) is 0.792. The van der Waals surface area contributed by atoms with Crippen LogP contribution in [-0.4, -0.2) is 25.2 Å². The molecule has 0 heterocycles. The minimum absolute atomic E-state index is 0.213. The summed E-state index contributed by atoms with van der Waals surface area (Å²) >= 11 is 0. The Hall–Kier alpha value is -1.60. The van der Waals surface area contributed by atoms with Gasteiger partial charge in [0, 0.05) is 13.1 Å². The zero-order valence-corrected chi connectivity index (χ0v) is 12.6. The van der Waals surface area contributed by atoms with E-state index in [-0.39, 0.29) is 5.82 Å². The summed E-state index contributed by atoms with van der Waals surface area (Å²) in [5.74, 6) is -0.213. The third kappa shape index (κ3) is 4.50. The highest BCUT2D eigenvalue weighted by Gasteiger charge is 2.23. The number of hydrogen-bond acceptors (Lipinski definition) is 3. The van der Waals surface area contributed by atoms with Crippen molar-refractivity contribution in [2.24, 2.45) is 0 Å². The first-order valence-electron chi connectivity index (χ1n) is 7.22. The van der Waals surface area contributed by atoms with Crippen molar-refractivity contribution < 1.29 is 4.39 Å². The normalized spacial score (nSPS) is 13.6. The SMILES string of the molecule is CCCNC(C)(C#N)CCN(CC)c1ccccc1F. The van der Waals surface area contributed by atoms with E-state index in [1.807, 2.05) is 24.8 Å². The lowest BCUT2D eigenvalue weighted by Crippen LogP contribution is -2.44. The lowest BCUT2D eigenvalue weighted by molar-refractivity contribution is 0.418. The number of nitriles is 1. The molecule has 0 amide bonds. The average Bonchev–Trinajstić information content (AvgIpc) is 2.47. The van der Waals surface area contributed by atoms with Gasteiger partial charge in [-0.15, -0.1) is 0 Å². The second kappa shape index (κ2) is 7.86. The van der Waals surface area contributed by atoms with Gasteiger partial charge >= 0.3 is 0 Å². The van der Waals surface area contributed by atoms with Crippen molar-refractivity contribution in [2.45, 2.75) is 39.2 Å². The molecule has 0 spiro atoms. The highest BCUT2D eigenvalue weighted by molar-refractivity contribution is 5.47. The summed E-state index contributed by atoms with van der Waals surface area (Å²) in [5.41, 5.74) is 0.0417. The summed E-state index contributed by atoms with van der Waals surface area (Å²) in [6.07, 6.45) is 1.65. The minimum Gasteiger partial charge on any atom is -0.369 e. The molecule has 1 aromatic rings. The number of nitrogens with one attached hydrogen (secondary N) is 1. The molecule has 0 aliphatic heterocycles. The van der Waals surface area contributed by atoms with E-state index >= 15 is 0 Å². The Balaban J connectivity index is 2.70. The van der Waals surface area contributed by atoms with Gasteiger partial charge in [-0.1, -0.05) is 19.1 Å². The van der Waals surface area contributed by atoms with Gasteiger partial charge in [-0.25, -0.2) is 4.39 Å². The molecule has 0 fully saturated rings. The second-order valence-corrected chi connectivity index (χ2v) is 5.15. The molecule has 1 atom stereocenters. The van der Waals surface area contributed by atoms with Crippen LogP contribution >= 0.6 is 0 Å². The molecule has 0 bridgehead atoms. The van der Waals surface area contributed by atoms with Crippen LogP contribution in [0.2, 0.25) is 0 Å². The summed E-state index contributed by atoms with van der Waals surface area (Å²) < 4.78 is 13.8. The van der Waals surface area contributed by atoms with E-state index in [4.69, 9.17) is 0 Å². The number of benzene rings is 1. The monoisotopic (exact) mass is 277 g/mol. The molecule has 0 aromatic heterocycles. The van der Waals surface area contributed by atoms with Gasteiger partial charge in [-0.2, -0.15) is 5.26 Å². The highest BCUT2D eigenvalue weighted by Crippen LogP contribution is 2.20. The Bertz CT molecular complexity index is 455. The number of halogens is 1. The molecule has 0 aliphatic carbocycles. The molecule has 3 nitrogen and oxygen atoms in total. The van der Waals surface area contributed by atoms with Gasteiger partial charge in [-0.3, -0.25) is 5.32 Å². The fourth-order valence-electron chi connectivity index (χ4n) is 2.10. The highest BCUT2D eigenvalue weighted by atomic mass is 19.1.